The minimum absolute atomic E-state index is 0.0387. The summed E-state index contributed by atoms with van der Waals surface area (Å²) in [5, 5.41) is 10.7. The van der Waals surface area contributed by atoms with Gasteiger partial charge in [0.2, 0.25) is 17.7 Å². The van der Waals surface area contributed by atoms with Crippen molar-refractivity contribution in [2.24, 2.45) is 17.8 Å². The lowest BCUT2D eigenvalue weighted by Gasteiger charge is -2.43. The van der Waals surface area contributed by atoms with Crippen LogP contribution in [0.25, 0.3) is 0 Å². The van der Waals surface area contributed by atoms with E-state index in [2.05, 4.69) is 6.92 Å². The number of carbonyl (C=O) groups is 3. The van der Waals surface area contributed by atoms with Crippen LogP contribution in [0.2, 0.25) is 0 Å². The number of amides is 3. The molecule has 1 aromatic carbocycles. The van der Waals surface area contributed by atoms with Gasteiger partial charge in [0.1, 0.15) is 17.4 Å². The van der Waals surface area contributed by atoms with Gasteiger partial charge < -0.3 is 29.3 Å². The Balaban J connectivity index is 1.65. The zero-order valence-electron chi connectivity index (χ0n) is 27.1. The number of aliphatic hydroxyl groups excluding tert-OH is 1. The van der Waals surface area contributed by atoms with E-state index in [4.69, 9.17) is 9.47 Å². The summed E-state index contributed by atoms with van der Waals surface area (Å²) >= 11 is 0. The van der Waals surface area contributed by atoms with Gasteiger partial charge in [0.05, 0.1) is 36.7 Å². The molecule has 1 aromatic rings. The molecular formula is C35H49N3O6. The molecule has 1 N–H and O–H groups in total. The van der Waals surface area contributed by atoms with Gasteiger partial charge >= 0.3 is 0 Å². The average Bonchev–Trinajstić information content (AvgIpc) is 3.31. The first-order valence-electron chi connectivity index (χ1n) is 16.5. The van der Waals surface area contributed by atoms with E-state index < -0.39 is 35.1 Å². The highest BCUT2D eigenvalue weighted by atomic mass is 16.5. The molecule has 0 saturated carbocycles. The predicted octanol–water partition coefficient (Wildman–Crippen LogP) is 4.34. The molecule has 0 radical (unpaired) electrons. The van der Waals surface area contributed by atoms with E-state index in [9.17, 15) is 19.5 Å². The zero-order chi connectivity index (χ0) is 31.8. The fourth-order valence-corrected chi connectivity index (χ4v) is 7.98. The topological polar surface area (TPSA) is 99.6 Å². The molecule has 4 aliphatic rings. The van der Waals surface area contributed by atoms with E-state index in [0.717, 1.165) is 19.3 Å². The fraction of sp³-hybridized carbons (Fsp3) is 0.629. The highest BCUT2D eigenvalue weighted by Crippen LogP contribution is 2.59. The van der Waals surface area contributed by atoms with E-state index in [0.29, 0.717) is 37.6 Å². The molecule has 4 heterocycles. The van der Waals surface area contributed by atoms with Crippen LogP contribution < -0.4 is 9.64 Å². The van der Waals surface area contributed by atoms with Crippen molar-refractivity contribution in [2.45, 2.75) is 96.6 Å². The van der Waals surface area contributed by atoms with Crippen LogP contribution in [0.5, 0.6) is 5.75 Å². The Kier molecular flexibility index (Phi) is 9.29. The van der Waals surface area contributed by atoms with Crippen LogP contribution in [-0.2, 0) is 19.1 Å². The van der Waals surface area contributed by atoms with Crippen molar-refractivity contribution < 1.29 is 29.0 Å². The van der Waals surface area contributed by atoms with E-state index in [1.54, 1.807) is 9.80 Å². The van der Waals surface area contributed by atoms with E-state index in [1.165, 1.54) is 0 Å². The summed E-state index contributed by atoms with van der Waals surface area (Å²) in [6, 6.07) is 5.80. The molecule has 240 valence electrons. The van der Waals surface area contributed by atoms with Gasteiger partial charge in [0.25, 0.3) is 0 Å². The average molecular weight is 608 g/mol. The second-order valence-corrected chi connectivity index (χ2v) is 12.8. The Labute approximate surface area is 261 Å². The SMILES string of the molecule is CCCC(C)N1CC=C[C@]23O[C@@]4(CC)C=CCN(c5ccc(OCC)cc5)C(=O)[C@H]4[C@H]2C(=O)N([C@@H](CO)[C@@H](C)CC)C3C1=O. The summed E-state index contributed by atoms with van der Waals surface area (Å²) < 4.78 is 12.7. The lowest BCUT2D eigenvalue weighted by Crippen LogP contribution is -2.60. The highest BCUT2D eigenvalue weighted by Gasteiger charge is 2.76. The molecule has 0 bridgehead atoms. The quantitative estimate of drug-likeness (QED) is 0.376. The summed E-state index contributed by atoms with van der Waals surface area (Å²) in [6.07, 6.45) is 10.7. The van der Waals surface area contributed by atoms with Crippen LogP contribution >= 0.6 is 0 Å². The lowest BCUT2D eigenvalue weighted by atomic mass is 9.73. The van der Waals surface area contributed by atoms with E-state index in [-0.39, 0.29) is 36.3 Å². The van der Waals surface area contributed by atoms with Crippen LogP contribution in [0.3, 0.4) is 0 Å². The van der Waals surface area contributed by atoms with Gasteiger partial charge in [0, 0.05) is 24.8 Å². The van der Waals surface area contributed by atoms with Gasteiger partial charge in [-0.15, -0.1) is 0 Å². The molecule has 9 nitrogen and oxygen atoms in total. The molecule has 0 aromatic heterocycles. The summed E-state index contributed by atoms with van der Waals surface area (Å²) in [5.74, 6) is -1.82. The molecule has 2 fully saturated rings. The smallest absolute Gasteiger partial charge is 0.249 e. The van der Waals surface area contributed by atoms with Gasteiger partial charge in [-0.25, -0.2) is 0 Å². The van der Waals surface area contributed by atoms with Crippen molar-refractivity contribution >= 4 is 23.4 Å². The van der Waals surface area contributed by atoms with Crippen molar-refractivity contribution in [3.63, 3.8) is 0 Å². The van der Waals surface area contributed by atoms with Gasteiger partial charge in [0.15, 0.2) is 0 Å². The Morgan fingerprint density at radius 3 is 2.27 bits per heavy atom. The van der Waals surface area contributed by atoms with Crippen molar-refractivity contribution in [1.82, 2.24) is 9.80 Å². The standard InChI is InChI=1S/C35H49N3O6/c1-7-13-24(6)36-20-12-19-35-29(32(41)38(30(35)33(36)42)27(22-39)23(5)8-2)28-31(40)37(21-11-18-34(28,9-3)44-35)25-14-16-26(17-15-25)43-10-4/h11-12,14-19,23-24,27-30,39H,7-10,13,20-22H2,1-6H3/t23-,24?,27-,28+,29-,30?,34-,35-/m0/s1. The first kappa shape index (κ1) is 32.2. The molecule has 2 unspecified atom stereocenters. The number of anilines is 1. The maximum absolute atomic E-state index is 14.9. The summed E-state index contributed by atoms with van der Waals surface area (Å²) in [7, 11) is 0. The second-order valence-electron chi connectivity index (χ2n) is 12.8. The number of benzene rings is 1. The molecule has 5 rings (SSSR count). The molecule has 9 heteroatoms. The Morgan fingerprint density at radius 2 is 1.66 bits per heavy atom. The highest BCUT2D eigenvalue weighted by molar-refractivity contribution is 6.04. The molecule has 4 aliphatic heterocycles. The van der Waals surface area contributed by atoms with Crippen molar-refractivity contribution in [2.75, 3.05) is 31.2 Å². The number of rotatable bonds is 11. The normalized spacial score (nSPS) is 31.8. The van der Waals surface area contributed by atoms with Gasteiger partial charge in [-0.2, -0.15) is 0 Å². The predicted molar refractivity (Wildman–Crippen MR) is 169 cm³/mol. The van der Waals surface area contributed by atoms with E-state index in [1.807, 2.05) is 88.1 Å². The molecule has 8 atom stereocenters. The number of ether oxygens (including phenoxy) is 2. The summed E-state index contributed by atoms with van der Waals surface area (Å²) in [5.41, 5.74) is -1.71. The minimum Gasteiger partial charge on any atom is -0.494 e. The number of aliphatic hydroxyl groups is 1. The number of hydrogen-bond acceptors (Lipinski definition) is 6. The second kappa shape index (κ2) is 12.7. The molecular weight excluding hydrogens is 558 g/mol. The minimum atomic E-state index is -1.35. The zero-order valence-corrected chi connectivity index (χ0v) is 27.1. The molecule has 2 saturated heterocycles. The summed E-state index contributed by atoms with van der Waals surface area (Å²) in [6.45, 7) is 13.0. The van der Waals surface area contributed by atoms with Crippen LogP contribution in [0.15, 0.2) is 48.6 Å². The van der Waals surface area contributed by atoms with Crippen molar-refractivity contribution in [1.29, 1.82) is 0 Å². The van der Waals surface area contributed by atoms with Crippen LogP contribution in [0.1, 0.15) is 67.2 Å². The molecule has 44 heavy (non-hydrogen) atoms. The Morgan fingerprint density at radius 1 is 0.955 bits per heavy atom. The number of likely N-dealkylation sites (tertiary alicyclic amines) is 1. The first-order valence-corrected chi connectivity index (χ1v) is 16.5. The Hall–Kier alpha value is -3.17. The maximum atomic E-state index is 14.9. The number of carbonyl (C=O) groups excluding carboxylic acids is 3. The van der Waals surface area contributed by atoms with Gasteiger partial charge in [-0.1, -0.05) is 64.8 Å². The van der Waals surface area contributed by atoms with Gasteiger partial charge in [-0.05, 0) is 56.9 Å². The third-order valence-electron chi connectivity index (χ3n) is 10.5. The largest absolute Gasteiger partial charge is 0.494 e. The van der Waals surface area contributed by atoms with E-state index >= 15 is 0 Å². The third kappa shape index (κ3) is 4.96. The Bertz CT molecular complexity index is 1300. The fourth-order valence-electron chi connectivity index (χ4n) is 7.98. The summed E-state index contributed by atoms with van der Waals surface area (Å²) in [4.78, 5) is 49.5. The molecule has 3 amide bonds. The number of fused-ring (bicyclic) bond motifs is 2. The monoisotopic (exact) mass is 607 g/mol. The number of nitrogens with zero attached hydrogens (tertiary/aromatic N) is 3. The lowest BCUT2D eigenvalue weighted by molar-refractivity contribution is -0.158. The van der Waals surface area contributed by atoms with Crippen molar-refractivity contribution in [3.8, 4) is 5.75 Å². The molecule has 0 aliphatic carbocycles. The van der Waals surface area contributed by atoms with Crippen LogP contribution in [0, 0.1) is 17.8 Å². The number of hydrogen-bond donors (Lipinski definition) is 1. The van der Waals surface area contributed by atoms with Crippen molar-refractivity contribution in [3.05, 3.63) is 48.6 Å². The maximum Gasteiger partial charge on any atom is 0.249 e. The first-order chi connectivity index (χ1) is 21.1. The van der Waals surface area contributed by atoms with Crippen LogP contribution in [0.4, 0.5) is 5.69 Å². The molecule has 1 spiro atoms. The van der Waals surface area contributed by atoms with Gasteiger partial charge in [-0.3, -0.25) is 14.4 Å². The third-order valence-corrected chi connectivity index (χ3v) is 10.5. The van der Waals surface area contributed by atoms with Crippen LogP contribution in [-0.4, -0.2) is 88.3 Å².